The van der Waals surface area contributed by atoms with Crippen molar-refractivity contribution < 1.29 is 4.42 Å². The normalized spacial score (nSPS) is 11.0. The van der Waals surface area contributed by atoms with Crippen LogP contribution in [0.5, 0.6) is 0 Å². The van der Waals surface area contributed by atoms with Gasteiger partial charge in [-0.05, 0) is 86.3 Å². The van der Waals surface area contributed by atoms with Crippen LogP contribution in [0.3, 0.4) is 0 Å². The van der Waals surface area contributed by atoms with E-state index in [0.29, 0.717) is 0 Å². The smallest absolute Gasteiger partial charge is 0.135 e. The van der Waals surface area contributed by atoms with E-state index in [2.05, 4.69) is 27.7 Å². The highest BCUT2D eigenvalue weighted by atomic mass is 16.3. The zero-order valence-corrected chi connectivity index (χ0v) is 14.0. The first-order valence-electron chi connectivity index (χ1n) is 7.71. The zero-order chi connectivity index (χ0) is 16.7. The Morgan fingerprint density at radius 3 is 1.22 bits per heavy atom. The molecule has 0 fully saturated rings. The number of rotatable bonds is 2. The van der Waals surface area contributed by atoms with E-state index >= 15 is 0 Å². The van der Waals surface area contributed by atoms with Gasteiger partial charge >= 0.3 is 0 Å². The molecule has 2 aromatic carbocycles. The van der Waals surface area contributed by atoms with Crippen molar-refractivity contribution >= 4 is 11.4 Å². The number of nitrogens with two attached hydrogens (primary N) is 2. The lowest BCUT2D eigenvalue weighted by molar-refractivity contribution is 0.595. The van der Waals surface area contributed by atoms with Gasteiger partial charge < -0.3 is 15.9 Å². The van der Waals surface area contributed by atoms with Gasteiger partial charge in [-0.15, -0.1) is 0 Å². The minimum absolute atomic E-state index is 0.778. The highest BCUT2D eigenvalue weighted by Gasteiger charge is 2.15. The minimum Gasteiger partial charge on any atom is -0.456 e. The van der Waals surface area contributed by atoms with Crippen molar-refractivity contribution in [3.63, 3.8) is 0 Å². The maximum Gasteiger partial charge on any atom is 0.135 e. The third-order valence-corrected chi connectivity index (χ3v) is 4.21. The molecular formula is C20H22N2O. The highest BCUT2D eigenvalue weighted by Crippen LogP contribution is 2.36. The second kappa shape index (κ2) is 5.51. The number of hydrogen-bond acceptors (Lipinski definition) is 3. The van der Waals surface area contributed by atoms with Crippen LogP contribution in [0.15, 0.2) is 40.8 Å². The molecule has 3 aromatic rings. The molecule has 0 aliphatic rings. The molecule has 0 saturated heterocycles. The van der Waals surface area contributed by atoms with Crippen molar-refractivity contribution in [3.05, 3.63) is 58.7 Å². The van der Waals surface area contributed by atoms with Gasteiger partial charge in [-0.3, -0.25) is 0 Å². The number of benzene rings is 2. The molecule has 1 heterocycles. The van der Waals surface area contributed by atoms with Gasteiger partial charge in [0.25, 0.3) is 0 Å². The first-order valence-corrected chi connectivity index (χ1v) is 7.71. The molecule has 1 aromatic heterocycles. The molecule has 0 aliphatic heterocycles. The summed E-state index contributed by atoms with van der Waals surface area (Å²) in [4.78, 5) is 0. The lowest BCUT2D eigenvalue weighted by Crippen LogP contribution is -1.92. The predicted octanol–water partition coefficient (Wildman–Crippen LogP) is 5.01. The Hall–Kier alpha value is -2.68. The van der Waals surface area contributed by atoms with Crippen LogP contribution in [0, 0.1) is 27.7 Å². The zero-order valence-electron chi connectivity index (χ0n) is 14.0. The van der Waals surface area contributed by atoms with E-state index in [-0.39, 0.29) is 0 Å². The number of furan rings is 1. The molecule has 0 spiro atoms. The van der Waals surface area contributed by atoms with Crippen molar-refractivity contribution in [2.24, 2.45) is 0 Å². The molecule has 0 radical (unpaired) electrons. The van der Waals surface area contributed by atoms with Crippen LogP contribution >= 0.6 is 0 Å². The first-order chi connectivity index (χ1) is 10.9. The van der Waals surface area contributed by atoms with Crippen molar-refractivity contribution in [1.82, 2.24) is 0 Å². The summed E-state index contributed by atoms with van der Waals surface area (Å²) >= 11 is 0. The Balaban J connectivity index is 2.13. The standard InChI is InChI=1S/C20H22N2O/c1-11-7-15(21)8-12(2)19(11)17-5-6-18(23-17)20-13(3)9-16(22)10-14(20)4/h5-10H,21-22H2,1-4H3. The third-order valence-electron chi connectivity index (χ3n) is 4.21. The van der Waals surface area contributed by atoms with Gasteiger partial charge in [0.05, 0.1) is 0 Å². The fourth-order valence-corrected chi connectivity index (χ4v) is 3.38. The van der Waals surface area contributed by atoms with Crippen LogP contribution in [0.1, 0.15) is 22.3 Å². The van der Waals surface area contributed by atoms with Gasteiger partial charge in [0.2, 0.25) is 0 Å². The van der Waals surface area contributed by atoms with E-state index < -0.39 is 0 Å². The minimum atomic E-state index is 0.778. The van der Waals surface area contributed by atoms with Gasteiger partial charge in [-0.1, -0.05) is 0 Å². The maximum absolute atomic E-state index is 6.18. The first kappa shape index (κ1) is 15.2. The molecular weight excluding hydrogens is 284 g/mol. The molecule has 4 N–H and O–H groups in total. The molecule has 0 saturated carbocycles. The monoisotopic (exact) mass is 306 g/mol. The van der Waals surface area contributed by atoms with Crippen LogP contribution in [0.2, 0.25) is 0 Å². The van der Waals surface area contributed by atoms with Gasteiger partial charge in [0.1, 0.15) is 11.5 Å². The summed E-state index contributed by atoms with van der Waals surface area (Å²) in [5, 5.41) is 0. The lowest BCUT2D eigenvalue weighted by Gasteiger charge is -2.10. The molecule has 23 heavy (non-hydrogen) atoms. The summed E-state index contributed by atoms with van der Waals surface area (Å²) in [6.45, 7) is 8.22. The third kappa shape index (κ3) is 2.70. The average molecular weight is 306 g/mol. The molecule has 0 atom stereocenters. The molecule has 0 bridgehead atoms. The topological polar surface area (TPSA) is 65.2 Å². The van der Waals surface area contributed by atoms with Crippen LogP contribution in [0.4, 0.5) is 11.4 Å². The quantitative estimate of drug-likeness (QED) is 0.654. The summed E-state index contributed by atoms with van der Waals surface area (Å²) in [7, 11) is 0. The van der Waals surface area contributed by atoms with Crippen LogP contribution in [-0.4, -0.2) is 0 Å². The van der Waals surface area contributed by atoms with Crippen molar-refractivity contribution in [2.75, 3.05) is 11.5 Å². The molecule has 0 unspecified atom stereocenters. The Morgan fingerprint density at radius 1 is 0.609 bits per heavy atom. The van der Waals surface area contributed by atoms with E-state index in [9.17, 15) is 0 Å². The molecule has 0 amide bonds. The summed E-state index contributed by atoms with van der Waals surface area (Å²) < 4.78 is 6.18. The van der Waals surface area contributed by atoms with E-state index in [1.165, 1.54) is 0 Å². The van der Waals surface area contributed by atoms with Crippen molar-refractivity contribution in [3.8, 4) is 22.6 Å². The molecule has 3 rings (SSSR count). The highest BCUT2D eigenvalue weighted by molar-refractivity contribution is 5.75. The Labute approximate surface area is 136 Å². The summed E-state index contributed by atoms with van der Waals surface area (Å²) in [5.41, 5.74) is 20.1. The van der Waals surface area contributed by atoms with Gasteiger partial charge in [0, 0.05) is 22.5 Å². The van der Waals surface area contributed by atoms with Crippen LogP contribution in [0.25, 0.3) is 22.6 Å². The Morgan fingerprint density at radius 2 is 0.913 bits per heavy atom. The Bertz CT molecular complexity index is 772. The fraction of sp³-hybridized carbons (Fsp3) is 0.200. The van der Waals surface area contributed by atoms with Crippen molar-refractivity contribution in [2.45, 2.75) is 27.7 Å². The number of nitrogen functional groups attached to an aromatic ring is 2. The summed E-state index contributed by atoms with van der Waals surface area (Å²) in [6.07, 6.45) is 0. The average Bonchev–Trinajstić information content (AvgIpc) is 2.85. The second-order valence-electron chi connectivity index (χ2n) is 6.22. The van der Waals surface area contributed by atoms with E-state index in [0.717, 1.165) is 56.3 Å². The molecule has 3 heteroatoms. The summed E-state index contributed by atoms with van der Waals surface area (Å²) in [6, 6.07) is 12.0. The predicted molar refractivity (Wildman–Crippen MR) is 97.4 cm³/mol. The number of anilines is 2. The molecule has 0 aliphatic carbocycles. The van der Waals surface area contributed by atoms with E-state index in [1.807, 2.05) is 36.4 Å². The molecule has 118 valence electrons. The molecule has 3 nitrogen and oxygen atoms in total. The van der Waals surface area contributed by atoms with Gasteiger partial charge in [-0.2, -0.15) is 0 Å². The SMILES string of the molecule is Cc1cc(N)cc(C)c1-c1ccc(-c2c(C)cc(N)cc2C)o1. The van der Waals surface area contributed by atoms with Crippen molar-refractivity contribution in [1.29, 1.82) is 0 Å². The Kier molecular flexibility index (Phi) is 3.64. The number of hydrogen-bond donors (Lipinski definition) is 2. The number of aryl methyl sites for hydroxylation is 4. The van der Waals surface area contributed by atoms with Gasteiger partial charge in [-0.25, -0.2) is 0 Å². The van der Waals surface area contributed by atoms with E-state index in [1.54, 1.807) is 0 Å². The fourth-order valence-electron chi connectivity index (χ4n) is 3.38. The summed E-state index contributed by atoms with van der Waals surface area (Å²) in [5.74, 6) is 1.73. The lowest BCUT2D eigenvalue weighted by atomic mass is 9.99. The van der Waals surface area contributed by atoms with Crippen LogP contribution in [-0.2, 0) is 0 Å². The largest absolute Gasteiger partial charge is 0.456 e. The van der Waals surface area contributed by atoms with Gasteiger partial charge in [0.15, 0.2) is 0 Å². The van der Waals surface area contributed by atoms with E-state index in [4.69, 9.17) is 15.9 Å². The van der Waals surface area contributed by atoms with Crippen LogP contribution < -0.4 is 11.5 Å². The maximum atomic E-state index is 6.18. The second-order valence-corrected chi connectivity index (χ2v) is 6.22.